The highest BCUT2D eigenvalue weighted by molar-refractivity contribution is 5.75. The first-order valence-electron chi connectivity index (χ1n) is 4.19. The van der Waals surface area contributed by atoms with Gasteiger partial charge < -0.3 is 5.32 Å². The SMILES string of the molecule is CC(C)=C(NC=O)c1ccccc1. The van der Waals surface area contributed by atoms with Gasteiger partial charge >= 0.3 is 0 Å². The summed E-state index contributed by atoms with van der Waals surface area (Å²) in [5, 5.41) is 2.70. The third-order valence-corrected chi connectivity index (χ3v) is 1.77. The normalized spacial score (nSPS) is 9.08. The van der Waals surface area contributed by atoms with Crippen LogP contribution in [0.25, 0.3) is 5.70 Å². The minimum Gasteiger partial charge on any atom is -0.328 e. The summed E-state index contributed by atoms with van der Waals surface area (Å²) < 4.78 is 0. The predicted octanol–water partition coefficient (Wildman–Crippen LogP) is 2.18. The topological polar surface area (TPSA) is 29.1 Å². The highest BCUT2D eigenvalue weighted by atomic mass is 16.1. The third kappa shape index (κ3) is 2.44. The second-order valence-electron chi connectivity index (χ2n) is 3.00. The Hall–Kier alpha value is -1.57. The zero-order chi connectivity index (χ0) is 9.68. The first kappa shape index (κ1) is 9.52. The van der Waals surface area contributed by atoms with Crippen LogP contribution in [0.1, 0.15) is 19.4 Å². The number of hydrogen-bond acceptors (Lipinski definition) is 1. The number of benzene rings is 1. The van der Waals surface area contributed by atoms with Crippen molar-refractivity contribution >= 4 is 12.1 Å². The van der Waals surface area contributed by atoms with Crippen molar-refractivity contribution in [2.45, 2.75) is 13.8 Å². The van der Waals surface area contributed by atoms with Crippen LogP contribution in [-0.2, 0) is 4.79 Å². The lowest BCUT2D eigenvalue weighted by molar-refractivity contribution is -0.108. The highest BCUT2D eigenvalue weighted by Crippen LogP contribution is 2.14. The monoisotopic (exact) mass is 175 g/mol. The molecule has 1 rings (SSSR count). The summed E-state index contributed by atoms with van der Waals surface area (Å²) in [6, 6.07) is 9.79. The molecule has 2 nitrogen and oxygen atoms in total. The van der Waals surface area contributed by atoms with Gasteiger partial charge in [0, 0.05) is 5.70 Å². The van der Waals surface area contributed by atoms with E-state index in [1.54, 1.807) is 0 Å². The van der Waals surface area contributed by atoms with Crippen LogP contribution in [0.15, 0.2) is 35.9 Å². The molecule has 0 fully saturated rings. The van der Waals surface area contributed by atoms with Gasteiger partial charge in [0.25, 0.3) is 0 Å². The van der Waals surface area contributed by atoms with Gasteiger partial charge in [0.05, 0.1) is 0 Å². The maximum Gasteiger partial charge on any atom is 0.211 e. The maximum atomic E-state index is 10.3. The number of rotatable bonds is 3. The Bertz CT molecular complexity index is 310. The molecule has 2 heteroatoms. The average Bonchev–Trinajstić information content (AvgIpc) is 2.15. The summed E-state index contributed by atoms with van der Waals surface area (Å²) in [6.07, 6.45) is 0.704. The summed E-state index contributed by atoms with van der Waals surface area (Å²) in [5.74, 6) is 0. The van der Waals surface area contributed by atoms with E-state index in [2.05, 4.69) is 5.32 Å². The van der Waals surface area contributed by atoms with Crippen molar-refractivity contribution in [3.8, 4) is 0 Å². The summed E-state index contributed by atoms with van der Waals surface area (Å²) >= 11 is 0. The Morgan fingerprint density at radius 2 is 1.85 bits per heavy atom. The largest absolute Gasteiger partial charge is 0.328 e. The molecule has 0 saturated heterocycles. The lowest BCUT2D eigenvalue weighted by Gasteiger charge is -2.07. The molecule has 68 valence electrons. The molecule has 1 aromatic carbocycles. The zero-order valence-electron chi connectivity index (χ0n) is 7.87. The molecule has 0 aromatic heterocycles. The predicted molar refractivity (Wildman–Crippen MR) is 53.9 cm³/mol. The van der Waals surface area contributed by atoms with Gasteiger partial charge in [-0.3, -0.25) is 4.79 Å². The van der Waals surface area contributed by atoms with E-state index in [0.29, 0.717) is 6.41 Å². The molecule has 13 heavy (non-hydrogen) atoms. The molecule has 0 aliphatic heterocycles. The van der Waals surface area contributed by atoms with Gasteiger partial charge in [0.2, 0.25) is 6.41 Å². The van der Waals surface area contributed by atoms with Crippen molar-refractivity contribution in [1.82, 2.24) is 5.32 Å². The van der Waals surface area contributed by atoms with E-state index in [1.807, 2.05) is 44.2 Å². The fraction of sp³-hybridized carbons (Fsp3) is 0.182. The van der Waals surface area contributed by atoms with Crippen LogP contribution >= 0.6 is 0 Å². The number of amides is 1. The fourth-order valence-electron chi connectivity index (χ4n) is 1.18. The smallest absolute Gasteiger partial charge is 0.211 e. The van der Waals surface area contributed by atoms with Crippen molar-refractivity contribution in [3.05, 3.63) is 41.5 Å². The van der Waals surface area contributed by atoms with Crippen molar-refractivity contribution in [3.63, 3.8) is 0 Å². The summed E-state index contributed by atoms with van der Waals surface area (Å²) in [7, 11) is 0. The van der Waals surface area contributed by atoms with Crippen LogP contribution in [0.2, 0.25) is 0 Å². The minimum atomic E-state index is 0.704. The number of carbonyl (C=O) groups is 1. The quantitative estimate of drug-likeness (QED) is 0.701. The van der Waals surface area contributed by atoms with Crippen LogP contribution in [0.4, 0.5) is 0 Å². The van der Waals surface area contributed by atoms with Gasteiger partial charge in [-0.2, -0.15) is 0 Å². The molecule has 1 N–H and O–H groups in total. The average molecular weight is 175 g/mol. The standard InChI is InChI=1S/C11H13NO/c1-9(2)11(12-8-13)10-6-4-3-5-7-10/h3-8H,1-2H3,(H,12,13). The Balaban J connectivity index is 3.04. The van der Waals surface area contributed by atoms with Crippen molar-refractivity contribution < 1.29 is 4.79 Å². The van der Waals surface area contributed by atoms with Gasteiger partial charge in [0.15, 0.2) is 0 Å². The van der Waals surface area contributed by atoms with Gasteiger partial charge in [-0.05, 0) is 19.4 Å². The van der Waals surface area contributed by atoms with Crippen LogP contribution < -0.4 is 5.32 Å². The molecule has 0 heterocycles. The lowest BCUT2D eigenvalue weighted by Crippen LogP contribution is -2.10. The minimum absolute atomic E-state index is 0.704. The molecular formula is C11H13NO. The molecular weight excluding hydrogens is 162 g/mol. The van der Waals surface area contributed by atoms with Crippen LogP contribution in [-0.4, -0.2) is 6.41 Å². The van der Waals surface area contributed by atoms with E-state index in [9.17, 15) is 4.79 Å². The molecule has 1 aromatic rings. The molecule has 0 spiro atoms. The van der Waals surface area contributed by atoms with Crippen molar-refractivity contribution in [2.75, 3.05) is 0 Å². The van der Waals surface area contributed by atoms with Gasteiger partial charge in [-0.25, -0.2) is 0 Å². The molecule has 0 bridgehead atoms. The number of carbonyl (C=O) groups excluding carboxylic acids is 1. The second kappa shape index (κ2) is 4.45. The van der Waals surface area contributed by atoms with Crippen LogP contribution in [0.3, 0.4) is 0 Å². The second-order valence-corrected chi connectivity index (χ2v) is 3.00. The maximum absolute atomic E-state index is 10.3. The van der Waals surface area contributed by atoms with Gasteiger partial charge in [-0.15, -0.1) is 0 Å². The molecule has 0 aliphatic rings. The number of hydrogen-bond donors (Lipinski definition) is 1. The molecule has 0 radical (unpaired) electrons. The Kier molecular flexibility index (Phi) is 3.26. The number of nitrogens with one attached hydrogen (secondary N) is 1. The summed E-state index contributed by atoms with van der Waals surface area (Å²) in [5.41, 5.74) is 3.02. The Labute approximate surface area is 78.3 Å². The van der Waals surface area contributed by atoms with E-state index in [1.165, 1.54) is 0 Å². The van der Waals surface area contributed by atoms with Crippen molar-refractivity contribution in [1.29, 1.82) is 0 Å². The highest BCUT2D eigenvalue weighted by Gasteiger charge is 2.00. The van der Waals surface area contributed by atoms with E-state index in [4.69, 9.17) is 0 Å². The van der Waals surface area contributed by atoms with Crippen LogP contribution in [0, 0.1) is 0 Å². The van der Waals surface area contributed by atoms with Gasteiger partial charge in [-0.1, -0.05) is 35.9 Å². The first-order valence-corrected chi connectivity index (χ1v) is 4.19. The van der Waals surface area contributed by atoms with E-state index in [-0.39, 0.29) is 0 Å². The molecule has 0 saturated carbocycles. The fourth-order valence-corrected chi connectivity index (χ4v) is 1.18. The molecule has 0 aliphatic carbocycles. The Morgan fingerprint density at radius 3 is 2.31 bits per heavy atom. The molecule has 0 unspecified atom stereocenters. The first-order chi connectivity index (χ1) is 6.25. The summed E-state index contributed by atoms with van der Waals surface area (Å²) in [6.45, 7) is 3.94. The third-order valence-electron chi connectivity index (χ3n) is 1.77. The summed E-state index contributed by atoms with van der Waals surface area (Å²) in [4.78, 5) is 10.3. The molecule has 0 atom stereocenters. The molecule has 1 amide bonds. The van der Waals surface area contributed by atoms with E-state index < -0.39 is 0 Å². The van der Waals surface area contributed by atoms with E-state index >= 15 is 0 Å². The lowest BCUT2D eigenvalue weighted by atomic mass is 10.1. The zero-order valence-corrected chi connectivity index (χ0v) is 7.87. The van der Waals surface area contributed by atoms with Crippen LogP contribution in [0.5, 0.6) is 0 Å². The number of allylic oxidation sites excluding steroid dienone is 1. The van der Waals surface area contributed by atoms with Crippen molar-refractivity contribution in [2.24, 2.45) is 0 Å². The van der Waals surface area contributed by atoms with E-state index in [0.717, 1.165) is 16.8 Å². The Morgan fingerprint density at radius 1 is 1.23 bits per heavy atom. The van der Waals surface area contributed by atoms with Gasteiger partial charge in [0.1, 0.15) is 0 Å².